The summed E-state index contributed by atoms with van der Waals surface area (Å²) in [4.78, 5) is 2.38. The van der Waals surface area contributed by atoms with Crippen LogP contribution in [0.25, 0.3) is 0 Å². The Labute approximate surface area is 99.2 Å². The van der Waals surface area contributed by atoms with Gasteiger partial charge in [0.25, 0.3) is 0 Å². The van der Waals surface area contributed by atoms with Gasteiger partial charge in [0.05, 0.1) is 0 Å². The molecule has 0 spiro atoms. The third kappa shape index (κ3) is 1.88. The minimum Gasteiger partial charge on any atom is -0.366 e. The molecule has 2 bridgehead atoms. The van der Waals surface area contributed by atoms with Gasteiger partial charge in [0.15, 0.2) is 0 Å². The van der Waals surface area contributed by atoms with Crippen molar-refractivity contribution in [2.75, 3.05) is 18.0 Å². The van der Waals surface area contributed by atoms with Gasteiger partial charge in [0.1, 0.15) is 5.82 Å². The minimum atomic E-state index is -0.156. The van der Waals surface area contributed by atoms with Crippen molar-refractivity contribution >= 4 is 22.7 Å². The summed E-state index contributed by atoms with van der Waals surface area (Å²) < 4.78 is 12.7. The monoisotopic (exact) mass is 272 g/mol. The van der Waals surface area contributed by atoms with Crippen LogP contribution in [-0.2, 0) is 0 Å². The molecule has 0 amide bonds. The van der Waals surface area contributed by atoms with Crippen LogP contribution in [0.3, 0.4) is 0 Å². The van der Waals surface area contributed by atoms with Gasteiger partial charge in [0.2, 0.25) is 0 Å². The van der Waals surface area contributed by atoms with E-state index in [1.54, 1.807) is 0 Å². The number of halogens is 2. The molecular weight excluding hydrogens is 259 g/mol. The molecular formula is C11H14BrFN2. The summed E-state index contributed by atoms with van der Waals surface area (Å²) in [6.45, 7) is 2.14. The second-order valence-electron chi connectivity index (χ2n) is 4.12. The second-order valence-corrected chi connectivity index (χ2v) is 4.12. The average molecular weight is 273 g/mol. The van der Waals surface area contributed by atoms with Crippen LogP contribution in [0.4, 0.5) is 10.1 Å². The lowest BCUT2D eigenvalue weighted by Gasteiger charge is -2.29. The number of rotatable bonds is 1. The molecule has 2 fully saturated rings. The third-order valence-corrected chi connectivity index (χ3v) is 3.21. The molecule has 1 aromatic carbocycles. The molecule has 0 aliphatic carbocycles. The van der Waals surface area contributed by atoms with Gasteiger partial charge in [0, 0.05) is 30.9 Å². The number of nitrogens with zero attached hydrogens (tertiary/aromatic N) is 1. The third-order valence-electron chi connectivity index (χ3n) is 3.21. The Balaban J connectivity index is 0.000000853. The first-order valence-electron chi connectivity index (χ1n) is 5.08. The smallest absolute Gasteiger partial charge is 0.123 e. The summed E-state index contributed by atoms with van der Waals surface area (Å²) in [7, 11) is 0. The van der Waals surface area contributed by atoms with E-state index >= 15 is 0 Å². The number of anilines is 1. The van der Waals surface area contributed by atoms with Gasteiger partial charge in [-0.3, -0.25) is 0 Å². The van der Waals surface area contributed by atoms with E-state index in [4.69, 9.17) is 0 Å². The van der Waals surface area contributed by atoms with E-state index in [2.05, 4.69) is 10.2 Å². The molecule has 4 heteroatoms. The summed E-state index contributed by atoms with van der Waals surface area (Å²) in [5.41, 5.74) is 1.15. The zero-order valence-electron chi connectivity index (χ0n) is 8.32. The van der Waals surface area contributed by atoms with Crippen LogP contribution < -0.4 is 10.2 Å². The van der Waals surface area contributed by atoms with E-state index in [0.29, 0.717) is 12.1 Å². The predicted molar refractivity (Wildman–Crippen MR) is 64.3 cm³/mol. The van der Waals surface area contributed by atoms with Crippen LogP contribution in [0, 0.1) is 5.82 Å². The molecule has 0 saturated carbocycles. The first-order chi connectivity index (χ1) is 6.83. The van der Waals surface area contributed by atoms with Gasteiger partial charge in [-0.05, 0) is 30.7 Å². The summed E-state index contributed by atoms with van der Waals surface area (Å²) in [6, 6.07) is 8.07. The Morgan fingerprint density at radius 1 is 1.27 bits per heavy atom. The van der Waals surface area contributed by atoms with E-state index in [-0.39, 0.29) is 22.8 Å². The first-order valence-corrected chi connectivity index (χ1v) is 5.08. The van der Waals surface area contributed by atoms with Crippen LogP contribution in [0.5, 0.6) is 0 Å². The molecule has 1 N–H and O–H groups in total. The van der Waals surface area contributed by atoms with E-state index in [1.165, 1.54) is 18.6 Å². The Morgan fingerprint density at radius 3 is 2.53 bits per heavy atom. The van der Waals surface area contributed by atoms with Crippen molar-refractivity contribution in [1.82, 2.24) is 5.32 Å². The zero-order valence-corrected chi connectivity index (χ0v) is 10.0. The summed E-state index contributed by atoms with van der Waals surface area (Å²) in [6.07, 6.45) is 1.23. The lowest BCUT2D eigenvalue weighted by molar-refractivity contribution is 0.579. The SMILES string of the molecule is Br.Fc1ccc(N2C[C@@H]3C[C@H]2CN3)cc1. The Morgan fingerprint density at radius 2 is 2.00 bits per heavy atom. The van der Waals surface area contributed by atoms with Crippen molar-refractivity contribution in [2.24, 2.45) is 0 Å². The van der Waals surface area contributed by atoms with Crippen molar-refractivity contribution in [3.63, 3.8) is 0 Å². The Bertz CT molecular complexity index is 341. The van der Waals surface area contributed by atoms with Gasteiger partial charge in [-0.1, -0.05) is 0 Å². The van der Waals surface area contributed by atoms with E-state index in [9.17, 15) is 4.39 Å². The Kier molecular flexibility index (Phi) is 2.98. The summed E-state index contributed by atoms with van der Waals surface area (Å²) in [5, 5.41) is 3.45. The van der Waals surface area contributed by atoms with Gasteiger partial charge >= 0.3 is 0 Å². The standard InChI is InChI=1S/C11H13FN2.BrH/c12-8-1-3-10(4-2-8)14-7-9-5-11(14)6-13-9;/h1-4,9,11,13H,5-7H2;1H/t9-,11-;/m0./s1. The highest BCUT2D eigenvalue weighted by molar-refractivity contribution is 8.93. The summed E-state index contributed by atoms with van der Waals surface area (Å²) in [5.74, 6) is -0.156. The molecule has 2 aliphatic heterocycles. The highest BCUT2D eigenvalue weighted by Crippen LogP contribution is 2.29. The average Bonchev–Trinajstić information content (AvgIpc) is 2.80. The number of piperazine rings is 1. The first kappa shape index (κ1) is 10.9. The van der Waals surface area contributed by atoms with E-state index < -0.39 is 0 Å². The number of fused-ring (bicyclic) bond motifs is 2. The molecule has 2 saturated heterocycles. The highest BCUT2D eigenvalue weighted by atomic mass is 79.9. The maximum Gasteiger partial charge on any atom is 0.123 e. The van der Waals surface area contributed by atoms with Crippen molar-refractivity contribution in [3.05, 3.63) is 30.1 Å². The quantitative estimate of drug-likeness (QED) is 0.841. The molecule has 2 atom stereocenters. The number of benzene rings is 1. The largest absolute Gasteiger partial charge is 0.366 e. The predicted octanol–water partition coefficient (Wildman–Crippen LogP) is 1.95. The molecule has 2 aliphatic rings. The van der Waals surface area contributed by atoms with Crippen LogP contribution in [0.1, 0.15) is 6.42 Å². The topological polar surface area (TPSA) is 15.3 Å². The molecule has 2 nitrogen and oxygen atoms in total. The zero-order chi connectivity index (χ0) is 9.54. The molecule has 1 aromatic rings. The number of nitrogens with one attached hydrogen (secondary N) is 1. The second kappa shape index (κ2) is 4.10. The lowest BCUT2D eigenvalue weighted by Crippen LogP contribution is -2.43. The number of hydrogen-bond donors (Lipinski definition) is 1. The van der Waals surface area contributed by atoms with Crippen molar-refractivity contribution in [1.29, 1.82) is 0 Å². The fraction of sp³-hybridized carbons (Fsp3) is 0.455. The van der Waals surface area contributed by atoms with Gasteiger partial charge in [-0.15, -0.1) is 17.0 Å². The lowest BCUT2D eigenvalue weighted by atomic mass is 10.2. The fourth-order valence-corrected chi connectivity index (χ4v) is 2.51. The van der Waals surface area contributed by atoms with Gasteiger partial charge < -0.3 is 10.2 Å². The molecule has 15 heavy (non-hydrogen) atoms. The van der Waals surface area contributed by atoms with E-state index in [1.807, 2.05) is 12.1 Å². The number of hydrogen-bond acceptors (Lipinski definition) is 2. The maximum atomic E-state index is 12.7. The molecule has 0 unspecified atom stereocenters. The molecule has 0 aromatic heterocycles. The summed E-state index contributed by atoms with van der Waals surface area (Å²) >= 11 is 0. The van der Waals surface area contributed by atoms with Gasteiger partial charge in [-0.2, -0.15) is 0 Å². The molecule has 2 heterocycles. The van der Waals surface area contributed by atoms with Crippen LogP contribution in [0.15, 0.2) is 24.3 Å². The van der Waals surface area contributed by atoms with Crippen molar-refractivity contribution in [2.45, 2.75) is 18.5 Å². The van der Waals surface area contributed by atoms with Crippen LogP contribution in [-0.4, -0.2) is 25.2 Å². The normalized spacial score (nSPS) is 27.9. The van der Waals surface area contributed by atoms with Crippen molar-refractivity contribution in [3.8, 4) is 0 Å². The maximum absolute atomic E-state index is 12.7. The fourth-order valence-electron chi connectivity index (χ4n) is 2.51. The molecule has 3 rings (SSSR count). The Hall–Kier alpha value is -0.610. The van der Waals surface area contributed by atoms with Crippen LogP contribution >= 0.6 is 17.0 Å². The molecule has 82 valence electrons. The van der Waals surface area contributed by atoms with Crippen molar-refractivity contribution < 1.29 is 4.39 Å². The molecule has 0 radical (unpaired) electrons. The van der Waals surface area contributed by atoms with Gasteiger partial charge in [-0.25, -0.2) is 4.39 Å². The van der Waals surface area contributed by atoms with E-state index in [0.717, 1.165) is 18.8 Å². The van der Waals surface area contributed by atoms with Crippen LogP contribution in [0.2, 0.25) is 0 Å². The highest BCUT2D eigenvalue weighted by Gasteiger charge is 2.37. The minimum absolute atomic E-state index is 0.